The van der Waals surface area contributed by atoms with Crippen molar-refractivity contribution in [1.82, 2.24) is 0 Å². The molecule has 0 spiro atoms. The van der Waals surface area contributed by atoms with Gasteiger partial charge in [0.2, 0.25) is 5.91 Å². The van der Waals surface area contributed by atoms with Crippen LogP contribution in [-0.4, -0.2) is 19.6 Å². The molecule has 0 saturated carbocycles. The lowest BCUT2D eigenvalue weighted by molar-refractivity contribution is -0.117. The molecular formula is C23H24ClFN2O3. The second-order valence-electron chi connectivity index (χ2n) is 6.59. The number of nitrogens with two attached hydrogens (primary N) is 1. The molecule has 0 aromatic heterocycles. The molecule has 30 heavy (non-hydrogen) atoms. The number of halogens is 2. The smallest absolute Gasteiger partial charge is 0.233 e. The summed E-state index contributed by atoms with van der Waals surface area (Å²) in [5, 5.41) is 2.71. The van der Waals surface area contributed by atoms with Gasteiger partial charge in [0, 0.05) is 18.3 Å². The van der Waals surface area contributed by atoms with Crippen LogP contribution in [-0.2, 0) is 4.79 Å². The van der Waals surface area contributed by atoms with Gasteiger partial charge in [0.1, 0.15) is 0 Å². The van der Waals surface area contributed by atoms with Crippen molar-refractivity contribution in [3.63, 3.8) is 0 Å². The standard InChI is InChI=1S/C23H23FN2O3.ClH/c1-15-8-10-21(22(12-15)28-2)29-20-11-9-17(13-19(20)24)26-23(27)18(14-25)16-6-4-3-5-7-16;/h3-13,18H,14,25H2,1-2H3,(H,26,27);1H. The van der Waals surface area contributed by atoms with Crippen molar-refractivity contribution in [3.05, 3.63) is 83.7 Å². The van der Waals surface area contributed by atoms with Crippen LogP contribution in [0.5, 0.6) is 17.2 Å². The fourth-order valence-electron chi connectivity index (χ4n) is 2.95. The number of aryl methyl sites for hydroxylation is 1. The van der Waals surface area contributed by atoms with Crippen molar-refractivity contribution in [2.24, 2.45) is 5.73 Å². The Bertz CT molecular complexity index is 999. The van der Waals surface area contributed by atoms with Crippen LogP contribution >= 0.6 is 12.4 Å². The van der Waals surface area contributed by atoms with Crippen LogP contribution in [0.4, 0.5) is 10.1 Å². The first kappa shape index (κ1) is 23.2. The minimum absolute atomic E-state index is 0. The first-order valence-corrected chi connectivity index (χ1v) is 9.19. The number of hydrogen-bond donors (Lipinski definition) is 2. The Labute approximate surface area is 181 Å². The molecule has 7 heteroatoms. The highest BCUT2D eigenvalue weighted by molar-refractivity contribution is 5.96. The number of rotatable bonds is 7. The van der Waals surface area contributed by atoms with Crippen molar-refractivity contribution < 1.29 is 18.7 Å². The molecule has 5 nitrogen and oxygen atoms in total. The summed E-state index contributed by atoms with van der Waals surface area (Å²) in [4.78, 5) is 12.6. The van der Waals surface area contributed by atoms with Crippen LogP contribution in [0.1, 0.15) is 17.0 Å². The van der Waals surface area contributed by atoms with Crippen molar-refractivity contribution in [3.8, 4) is 17.2 Å². The van der Waals surface area contributed by atoms with Gasteiger partial charge >= 0.3 is 0 Å². The third kappa shape index (κ3) is 5.49. The summed E-state index contributed by atoms with van der Waals surface area (Å²) in [6.45, 7) is 2.07. The van der Waals surface area contributed by atoms with Crippen molar-refractivity contribution in [2.45, 2.75) is 12.8 Å². The minimum Gasteiger partial charge on any atom is -0.493 e. The van der Waals surface area contributed by atoms with E-state index in [0.717, 1.165) is 11.1 Å². The SMILES string of the molecule is COc1cc(C)ccc1Oc1ccc(NC(=O)C(CN)c2ccccc2)cc1F.Cl. The largest absolute Gasteiger partial charge is 0.493 e. The second-order valence-corrected chi connectivity index (χ2v) is 6.59. The summed E-state index contributed by atoms with van der Waals surface area (Å²) < 4.78 is 25.5. The van der Waals surface area contributed by atoms with Crippen LogP contribution < -0.4 is 20.5 Å². The van der Waals surface area contributed by atoms with Gasteiger partial charge in [0.25, 0.3) is 0 Å². The summed E-state index contributed by atoms with van der Waals surface area (Å²) in [6.07, 6.45) is 0. The Morgan fingerprint density at radius 2 is 1.73 bits per heavy atom. The molecule has 0 aliphatic heterocycles. The van der Waals surface area contributed by atoms with Gasteiger partial charge in [-0.2, -0.15) is 0 Å². The number of benzene rings is 3. The van der Waals surface area contributed by atoms with Crippen LogP contribution in [0.25, 0.3) is 0 Å². The summed E-state index contributed by atoms with van der Waals surface area (Å²) in [5.41, 5.74) is 7.90. The van der Waals surface area contributed by atoms with Gasteiger partial charge in [-0.15, -0.1) is 12.4 Å². The van der Waals surface area contributed by atoms with Gasteiger partial charge < -0.3 is 20.5 Å². The molecule has 3 aromatic carbocycles. The highest BCUT2D eigenvalue weighted by Gasteiger charge is 2.19. The van der Waals surface area contributed by atoms with E-state index >= 15 is 0 Å². The van der Waals surface area contributed by atoms with E-state index in [4.69, 9.17) is 15.2 Å². The van der Waals surface area contributed by atoms with Crippen molar-refractivity contribution in [2.75, 3.05) is 19.0 Å². The second kappa shape index (κ2) is 10.6. The number of anilines is 1. The fourth-order valence-corrected chi connectivity index (χ4v) is 2.95. The van der Waals surface area contributed by atoms with Gasteiger partial charge in [-0.05, 0) is 42.3 Å². The first-order chi connectivity index (χ1) is 14.0. The maximum absolute atomic E-state index is 14.6. The average molecular weight is 431 g/mol. The summed E-state index contributed by atoms with van der Waals surface area (Å²) in [6, 6.07) is 18.9. The zero-order valence-corrected chi connectivity index (χ0v) is 17.5. The zero-order valence-electron chi connectivity index (χ0n) is 16.7. The predicted octanol–water partition coefficient (Wildman–Crippen LogP) is 5.04. The molecule has 0 bridgehead atoms. The summed E-state index contributed by atoms with van der Waals surface area (Å²) in [7, 11) is 1.53. The molecule has 0 radical (unpaired) electrons. The molecule has 3 aromatic rings. The van der Waals surface area contributed by atoms with E-state index in [9.17, 15) is 9.18 Å². The Morgan fingerprint density at radius 1 is 1.03 bits per heavy atom. The predicted molar refractivity (Wildman–Crippen MR) is 118 cm³/mol. The van der Waals surface area contributed by atoms with E-state index in [-0.39, 0.29) is 30.6 Å². The number of nitrogens with one attached hydrogen (secondary N) is 1. The highest BCUT2D eigenvalue weighted by atomic mass is 35.5. The van der Waals surface area contributed by atoms with Crippen molar-refractivity contribution in [1.29, 1.82) is 0 Å². The van der Waals surface area contributed by atoms with Crippen LogP contribution in [0.2, 0.25) is 0 Å². The van der Waals surface area contributed by atoms with E-state index in [1.165, 1.54) is 19.2 Å². The number of amides is 1. The molecule has 1 unspecified atom stereocenters. The molecule has 0 aliphatic rings. The number of carbonyl (C=O) groups excluding carboxylic acids is 1. The van der Waals surface area contributed by atoms with E-state index in [2.05, 4.69) is 5.32 Å². The lowest BCUT2D eigenvalue weighted by Crippen LogP contribution is -2.27. The third-order valence-electron chi connectivity index (χ3n) is 4.49. The van der Waals surface area contributed by atoms with Crippen LogP contribution in [0.15, 0.2) is 66.7 Å². The molecule has 0 saturated heterocycles. The van der Waals surface area contributed by atoms with E-state index < -0.39 is 11.7 Å². The Hall–Kier alpha value is -3.09. The molecule has 0 heterocycles. The quantitative estimate of drug-likeness (QED) is 0.550. The molecule has 158 valence electrons. The van der Waals surface area contributed by atoms with E-state index in [0.29, 0.717) is 17.2 Å². The summed E-state index contributed by atoms with van der Waals surface area (Å²) in [5.74, 6) is -0.478. The van der Waals surface area contributed by atoms with Gasteiger partial charge in [0.15, 0.2) is 23.1 Å². The average Bonchev–Trinajstić information content (AvgIpc) is 2.72. The van der Waals surface area contributed by atoms with Gasteiger partial charge in [0.05, 0.1) is 13.0 Å². The monoisotopic (exact) mass is 430 g/mol. The van der Waals surface area contributed by atoms with Gasteiger partial charge in [-0.1, -0.05) is 36.4 Å². The Kier molecular flexibility index (Phi) is 8.21. The lowest BCUT2D eigenvalue weighted by Gasteiger charge is -2.16. The molecule has 0 aliphatic carbocycles. The van der Waals surface area contributed by atoms with Gasteiger partial charge in [-0.25, -0.2) is 4.39 Å². The van der Waals surface area contributed by atoms with Crippen molar-refractivity contribution >= 4 is 24.0 Å². The number of carbonyl (C=O) groups is 1. The normalized spacial score (nSPS) is 11.2. The maximum atomic E-state index is 14.6. The zero-order chi connectivity index (χ0) is 20.8. The van der Waals surface area contributed by atoms with Crippen LogP contribution in [0, 0.1) is 12.7 Å². The first-order valence-electron chi connectivity index (χ1n) is 9.19. The number of methoxy groups -OCH3 is 1. The highest BCUT2D eigenvalue weighted by Crippen LogP contribution is 2.34. The summed E-state index contributed by atoms with van der Waals surface area (Å²) >= 11 is 0. The van der Waals surface area contributed by atoms with Gasteiger partial charge in [-0.3, -0.25) is 4.79 Å². The molecule has 0 fully saturated rings. The number of ether oxygens (including phenoxy) is 2. The topological polar surface area (TPSA) is 73.6 Å². The van der Waals surface area contributed by atoms with E-state index in [1.54, 1.807) is 18.2 Å². The van der Waals surface area contributed by atoms with Crippen LogP contribution in [0.3, 0.4) is 0 Å². The molecule has 3 rings (SSSR count). The lowest BCUT2D eigenvalue weighted by atomic mass is 9.98. The minimum atomic E-state index is -0.602. The fraction of sp³-hybridized carbons (Fsp3) is 0.174. The molecule has 3 N–H and O–H groups in total. The van der Waals surface area contributed by atoms with E-state index in [1.807, 2.05) is 43.3 Å². The maximum Gasteiger partial charge on any atom is 0.233 e. The molecule has 1 amide bonds. The Morgan fingerprint density at radius 3 is 2.37 bits per heavy atom. The third-order valence-corrected chi connectivity index (χ3v) is 4.49. The Balaban J connectivity index is 0.00000320. The molecule has 1 atom stereocenters. The number of hydrogen-bond acceptors (Lipinski definition) is 4. The molecular weight excluding hydrogens is 407 g/mol.